The molecular weight excluding hydrogens is 413 g/mol. The molecule has 0 saturated carbocycles. The minimum absolute atomic E-state index is 0.175. The Bertz CT molecular complexity index is 1220. The Balaban J connectivity index is 1.59. The maximum absolute atomic E-state index is 12.9. The van der Waals surface area contributed by atoms with Gasteiger partial charge in [-0.05, 0) is 43.7 Å². The van der Waals surface area contributed by atoms with Crippen molar-refractivity contribution >= 4 is 5.78 Å². The highest BCUT2D eigenvalue weighted by Gasteiger charge is 2.31. The molecule has 0 aliphatic carbocycles. The molecule has 0 amide bonds. The van der Waals surface area contributed by atoms with Gasteiger partial charge in [0.1, 0.15) is 0 Å². The summed E-state index contributed by atoms with van der Waals surface area (Å²) in [4.78, 5) is 24.8. The number of Topliss-reactive ketones (excluding diaryl/α,β-unsaturated/α-hetero) is 1. The zero-order valence-corrected chi connectivity index (χ0v) is 16.8. The van der Waals surface area contributed by atoms with Crippen LogP contribution in [0.2, 0.25) is 0 Å². The van der Waals surface area contributed by atoms with E-state index >= 15 is 0 Å². The van der Waals surface area contributed by atoms with Crippen molar-refractivity contribution < 1.29 is 27.4 Å². The van der Waals surface area contributed by atoms with E-state index < -0.39 is 29.6 Å². The maximum atomic E-state index is 12.9. The molecule has 0 unspecified atom stereocenters. The fourth-order valence-electron chi connectivity index (χ4n) is 3.61. The molecule has 3 heterocycles. The number of benzene rings is 1. The normalized spacial score (nSPS) is 12.9. The Morgan fingerprint density at radius 2 is 1.81 bits per heavy atom. The lowest BCUT2D eigenvalue weighted by Crippen LogP contribution is -2.25. The average molecular weight is 432 g/mol. The molecule has 2 aromatic heterocycles. The summed E-state index contributed by atoms with van der Waals surface area (Å²) in [5.74, 6) is 0.888. The van der Waals surface area contributed by atoms with E-state index in [9.17, 15) is 22.8 Å². The largest absolute Gasteiger partial charge is 0.454 e. The zero-order chi connectivity index (χ0) is 22.3. The summed E-state index contributed by atoms with van der Waals surface area (Å²) in [6, 6.07) is 8.79. The van der Waals surface area contributed by atoms with Crippen LogP contribution < -0.4 is 15.0 Å². The number of hydrogen-bond acceptors (Lipinski definition) is 4. The molecule has 0 spiro atoms. The minimum atomic E-state index is -4.60. The lowest BCUT2D eigenvalue weighted by atomic mass is 10.1. The number of ether oxygens (including phenoxy) is 2. The molecule has 31 heavy (non-hydrogen) atoms. The van der Waals surface area contributed by atoms with Crippen molar-refractivity contribution in [2.24, 2.45) is 0 Å². The second-order valence-electron chi connectivity index (χ2n) is 7.36. The number of ketones is 1. The molecule has 0 bridgehead atoms. The van der Waals surface area contributed by atoms with Crippen molar-refractivity contribution in [1.29, 1.82) is 0 Å². The number of hydrogen-bond donors (Lipinski definition) is 0. The second-order valence-corrected chi connectivity index (χ2v) is 7.36. The van der Waals surface area contributed by atoms with E-state index in [1.165, 1.54) is 0 Å². The van der Waals surface area contributed by atoms with Crippen molar-refractivity contribution in [3.63, 3.8) is 0 Å². The third-order valence-corrected chi connectivity index (χ3v) is 5.28. The van der Waals surface area contributed by atoms with E-state index in [1.807, 2.05) is 29.7 Å². The third-order valence-electron chi connectivity index (χ3n) is 5.28. The molecule has 1 aliphatic rings. The fourth-order valence-corrected chi connectivity index (χ4v) is 3.61. The summed E-state index contributed by atoms with van der Waals surface area (Å²) >= 11 is 0. The average Bonchev–Trinajstić information content (AvgIpc) is 3.28. The summed E-state index contributed by atoms with van der Waals surface area (Å²) in [5, 5.41) is 0. The van der Waals surface area contributed by atoms with Crippen LogP contribution in [0.5, 0.6) is 11.5 Å². The Labute approximate surface area is 175 Å². The lowest BCUT2D eigenvalue weighted by Gasteiger charge is -2.12. The first kappa shape index (κ1) is 20.8. The van der Waals surface area contributed by atoms with Crippen molar-refractivity contribution in [3.8, 4) is 11.5 Å². The van der Waals surface area contributed by atoms with E-state index in [2.05, 4.69) is 0 Å². The van der Waals surface area contributed by atoms with Crippen LogP contribution in [0.3, 0.4) is 0 Å². The molecule has 0 atom stereocenters. The van der Waals surface area contributed by atoms with Gasteiger partial charge in [0.05, 0.1) is 12.1 Å². The predicted octanol–water partition coefficient (Wildman–Crippen LogP) is 3.95. The highest BCUT2D eigenvalue weighted by molar-refractivity contribution is 5.97. The van der Waals surface area contributed by atoms with Gasteiger partial charge in [0.15, 0.2) is 17.3 Å². The first-order chi connectivity index (χ1) is 14.6. The summed E-state index contributed by atoms with van der Waals surface area (Å²) in [6.07, 6.45) is -3.93. The van der Waals surface area contributed by atoms with Crippen LogP contribution >= 0.6 is 0 Å². The van der Waals surface area contributed by atoms with Gasteiger partial charge in [-0.1, -0.05) is 6.07 Å². The summed E-state index contributed by atoms with van der Waals surface area (Å²) in [7, 11) is 0. The zero-order valence-electron chi connectivity index (χ0n) is 16.8. The molecule has 6 nitrogen and oxygen atoms in total. The number of rotatable bonds is 5. The molecule has 1 aromatic carbocycles. The molecule has 0 N–H and O–H groups in total. The molecule has 162 valence electrons. The fraction of sp³-hybridized carbons (Fsp3) is 0.273. The van der Waals surface area contributed by atoms with Crippen molar-refractivity contribution in [2.45, 2.75) is 33.1 Å². The van der Waals surface area contributed by atoms with Gasteiger partial charge in [0.25, 0.3) is 5.56 Å². The van der Waals surface area contributed by atoms with Crippen LogP contribution in [-0.4, -0.2) is 21.7 Å². The van der Waals surface area contributed by atoms with Gasteiger partial charge in [-0.15, -0.1) is 0 Å². The van der Waals surface area contributed by atoms with E-state index in [0.29, 0.717) is 41.6 Å². The standard InChI is InChI=1S/C22H19F3N2O4/c1-13-7-17(18(28)11-26-10-16(22(23,24)25)4-6-21(26)29)14(2)27(13)9-15-3-5-19-20(8-15)31-12-30-19/h3-8,10H,9,11-12H2,1-2H3. The van der Waals surface area contributed by atoms with Gasteiger partial charge < -0.3 is 18.6 Å². The predicted molar refractivity (Wildman–Crippen MR) is 106 cm³/mol. The van der Waals surface area contributed by atoms with Crippen LogP contribution in [0.4, 0.5) is 13.2 Å². The molecular formula is C22H19F3N2O4. The molecule has 9 heteroatoms. The van der Waals surface area contributed by atoms with Crippen LogP contribution in [-0.2, 0) is 19.3 Å². The highest BCUT2D eigenvalue weighted by atomic mass is 19.4. The van der Waals surface area contributed by atoms with E-state index in [4.69, 9.17) is 9.47 Å². The van der Waals surface area contributed by atoms with E-state index in [1.54, 1.807) is 13.0 Å². The first-order valence-corrected chi connectivity index (χ1v) is 9.49. The van der Waals surface area contributed by atoms with Crippen LogP contribution in [0.25, 0.3) is 0 Å². The molecule has 0 radical (unpaired) electrons. The second kappa shape index (κ2) is 7.64. The van der Waals surface area contributed by atoms with Gasteiger partial charge in [-0.2, -0.15) is 13.2 Å². The molecule has 1 aliphatic heterocycles. The molecule has 0 fully saturated rings. The Hall–Kier alpha value is -3.49. The topological polar surface area (TPSA) is 62.5 Å². The van der Waals surface area contributed by atoms with Gasteiger partial charge in [-0.25, -0.2) is 0 Å². The summed E-state index contributed by atoms with van der Waals surface area (Å²) < 4.78 is 52.3. The SMILES string of the molecule is Cc1cc(C(=O)Cn2cc(C(F)(F)F)ccc2=O)c(C)n1Cc1ccc2c(c1)OCO2. The number of alkyl halides is 3. The number of carbonyl (C=O) groups is 1. The number of aryl methyl sites for hydroxylation is 1. The quantitative estimate of drug-likeness (QED) is 0.573. The van der Waals surface area contributed by atoms with Crippen molar-refractivity contribution in [1.82, 2.24) is 9.13 Å². The molecule has 0 saturated heterocycles. The Morgan fingerprint density at radius 1 is 1.06 bits per heavy atom. The Morgan fingerprint density at radius 3 is 2.55 bits per heavy atom. The van der Waals surface area contributed by atoms with Gasteiger partial charge in [0, 0.05) is 35.8 Å². The smallest absolute Gasteiger partial charge is 0.417 e. The molecule has 4 rings (SSSR count). The number of nitrogens with zero attached hydrogens (tertiary/aromatic N) is 2. The third kappa shape index (κ3) is 4.08. The maximum Gasteiger partial charge on any atom is 0.417 e. The van der Waals surface area contributed by atoms with Crippen LogP contribution in [0, 0.1) is 13.8 Å². The van der Waals surface area contributed by atoms with E-state index in [-0.39, 0.29) is 6.79 Å². The summed E-state index contributed by atoms with van der Waals surface area (Å²) in [5.41, 5.74) is 1.14. The number of pyridine rings is 1. The lowest BCUT2D eigenvalue weighted by molar-refractivity contribution is -0.138. The van der Waals surface area contributed by atoms with Crippen molar-refractivity contribution in [3.05, 3.63) is 81.0 Å². The Kier molecular flexibility index (Phi) is 5.12. The van der Waals surface area contributed by atoms with E-state index in [0.717, 1.165) is 21.9 Å². The van der Waals surface area contributed by atoms with Crippen molar-refractivity contribution in [2.75, 3.05) is 6.79 Å². The van der Waals surface area contributed by atoms with Crippen LogP contribution in [0.1, 0.15) is 32.9 Å². The number of halogens is 3. The molecule has 3 aromatic rings. The summed E-state index contributed by atoms with van der Waals surface area (Å²) in [6.45, 7) is 3.78. The van der Waals surface area contributed by atoms with Crippen LogP contribution in [0.15, 0.2) is 47.4 Å². The number of fused-ring (bicyclic) bond motifs is 1. The van der Waals surface area contributed by atoms with Gasteiger partial charge in [-0.3, -0.25) is 9.59 Å². The first-order valence-electron chi connectivity index (χ1n) is 9.49. The minimum Gasteiger partial charge on any atom is -0.454 e. The van der Waals surface area contributed by atoms with Gasteiger partial charge in [0.2, 0.25) is 6.79 Å². The van der Waals surface area contributed by atoms with Gasteiger partial charge >= 0.3 is 6.18 Å². The number of aromatic nitrogens is 2. The monoisotopic (exact) mass is 432 g/mol. The highest BCUT2D eigenvalue weighted by Crippen LogP contribution is 2.33. The number of carbonyl (C=O) groups excluding carboxylic acids is 1.